The number of nitrogens with zero attached hydrogens (tertiary/aromatic N) is 1. The summed E-state index contributed by atoms with van der Waals surface area (Å²) in [6, 6.07) is 17.5. The van der Waals surface area contributed by atoms with Gasteiger partial charge in [0.25, 0.3) is 5.91 Å². The SMILES string of the molecule is Cc1c(-c2ccccc2)nc2ccccc2c1C(=O)OCC(=O)NC1CCC(C)CC1. The van der Waals surface area contributed by atoms with Crippen LogP contribution >= 0.6 is 0 Å². The highest BCUT2D eigenvalue weighted by Crippen LogP contribution is 2.30. The van der Waals surface area contributed by atoms with E-state index in [-0.39, 0.29) is 18.6 Å². The van der Waals surface area contributed by atoms with Crippen molar-refractivity contribution in [2.75, 3.05) is 6.61 Å². The van der Waals surface area contributed by atoms with Crippen molar-refractivity contribution in [1.82, 2.24) is 10.3 Å². The van der Waals surface area contributed by atoms with Crippen LogP contribution in [0.5, 0.6) is 0 Å². The van der Waals surface area contributed by atoms with Gasteiger partial charge in [-0.3, -0.25) is 4.79 Å². The van der Waals surface area contributed by atoms with Crippen LogP contribution in [0.2, 0.25) is 0 Å². The second-order valence-electron chi connectivity index (χ2n) is 8.44. The van der Waals surface area contributed by atoms with Gasteiger partial charge in [0, 0.05) is 17.0 Å². The maximum absolute atomic E-state index is 13.1. The number of benzene rings is 2. The number of hydrogen-bond donors (Lipinski definition) is 1. The standard InChI is InChI=1S/C26H28N2O3/c1-17-12-14-20(15-13-17)27-23(29)16-31-26(30)24-18(2)25(19-8-4-3-5-9-19)28-22-11-7-6-10-21(22)24/h3-11,17,20H,12-16H2,1-2H3,(H,27,29). The summed E-state index contributed by atoms with van der Waals surface area (Å²) in [5.74, 6) is -0.0272. The second-order valence-corrected chi connectivity index (χ2v) is 8.44. The van der Waals surface area contributed by atoms with E-state index in [1.165, 1.54) is 0 Å². The number of nitrogens with one attached hydrogen (secondary N) is 1. The molecule has 1 aliphatic rings. The van der Waals surface area contributed by atoms with Crippen LogP contribution in [-0.4, -0.2) is 29.5 Å². The number of esters is 1. The van der Waals surface area contributed by atoms with Crippen molar-refractivity contribution in [3.63, 3.8) is 0 Å². The molecule has 0 spiro atoms. The fourth-order valence-electron chi connectivity index (χ4n) is 4.32. The van der Waals surface area contributed by atoms with Crippen LogP contribution in [0, 0.1) is 12.8 Å². The Morgan fingerprint density at radius 2 is 1.68 bits per heavy atom. The summed E-state index contributed by atoms with van der Waals surface area (Å²) >= 11 is 0. The molecular formula is C26H28N2O3. The Hall–Kier alpha value is -3.21. The maximum Gasteiger partial charge on any atom is 0.339 e. The molecule has 4 rings (SSSR count). The van der Waals surface area contributed by atoms with E-state index in [9.17, 15) is 9.59 Å². The molecule has 2 aromatic carbocycles. The number of para-hydroxylation sites is 1. The van der Waals surface area contributed by atoms with Gasteiger partial charge < -0.3 is 10.1 Å². The van der Waals surface area contributed by atoms with Crippen LogP contribution < -0.4 is 5.32 Å². The van der Waals surface area contributed by atoms with Crippen molar-refractivity contribution in [3.8, 4) is 11.3 Å². The number of hydrogen-bond acceptors (Lipinski definition) is 4. The van der Waals surface area contributed by atoms with Gasteiger partial charge in [-0.05, 0) is 50.2 Å². The molecule has 31 heavy (non-hydrogen) atoms. The predicted molar refractivity (Wildman–Crippen MR) is 122 cm³/mol. The van der Waals surface area contributed by atoms with Crippen LogP contribution in [0.4, 0.5) is 0 Å². The van der Waals surface area contributed by atoms with Gasteiger partial charge in [0.05, 0.1) is 16.8 Å². The third-order valence-electron chi connectivity index (χ3n) is 6.10. The highest BCUT2D eigenvalue weighted by molar-refractivity contribution is 6.06. The minimum atomic E-state index is -0.499. The van der Waals surface area contributed by atoms with E-state index in [2.05, 4.69) is 12.2 Å². The number of pyridine rings is 1. The molecule has 0 atom stereocenters. The van der Waals surface area contributed by atoms with Crippen molar-refractivity contribution in [2.24, 2.45) is 5.92 Å². The predicted octanol–water partition coefficient (Wildman–Crippen LogP) is 5.06. The van der Waals surface area contributed by atoms with Crippen molar-refractivity contribution >= 4 is 22.8 Å². The van der Waals surface area contributed by atoms with Gasteiger partial charge in [-0.2, -0.15) is 0 Å². The van der Waals surface area contributed by atoms with Gasteiger partial charge in [-0.15, -0.1) is 0 Å². The molecule has 1 heterocycles. The van der Waals surface area contributed by atoms with E-state index in [0.717, 1.165) is 53.4 Å². The third kappa shape index (κ3) is 4.76. The number of carbonyl (C=O) groups is 2. The minimum absolute atomic E-state index is 0.176. The first kappa shape index (κ1) is 21.0. The van der Waals surface area contributed by atoms with Crippen LogP contribution in [0.25, 0.3) is 22.2 Å². The maximum atomic E-state index is 13.1. The van der Waals surface area contributed by atoms with Crippen LogP contribution in [0.1, 0.15) is 48.5 Å². The van der Waals surface area contributed by atoms with E-state index in [0.29, 0.717) is 11.5 Å². The van der Waals surface area contributed by atoms with Gasteiger partial charge in [-0.25, -0.2) is 9.78 Å². The molecule has 0 bridgehead atoms. The largest absolute Gasteiger partial charge is 0.452 e. The lowest BCUT2D eigenvalue weighted by molar-refractivity contribution is -0.125. The molecule has 160 valence electrons. The Labute approximate surface area is 182 Å². The molecule has 1 aromatic heterocycles. The molecule has 1 aliphatic carbocycles. The lowest BCUT2D eigenvalue weighted by atomic mass is 9.87. The highest BCUT2D eigenvalue weighted by atomic mass is 16.5. The molecule has 5 heteroatoms. The zero-order valence-electron chi connectivity index (χ0n) is 18.1. The third-order valence-corrected chi connectivity index (χ3v) is 6.10. The summed E-state index contributed by atoms with van der Waals surface area (Å²) in [4.78, 5) is 30.2. The Bertz CT molecular complexity index is 1090. The molecule has 1 N–H and O–H groups in total. The van der Waals surface area contributed by atoms with E-state index < -0.39 is 5.97 Å². The topological polar surface area (TPSA) is 68.3 Å². The molecule has 0 radical (unpaired) electrons. The van der Waals surface area contributed by atoms with Crippen molar-refractivity contribution in [1.29, 1.82) is 0 Å². The number of fused-ring (bicyclic) bond motifs is 1. The summed E-state index contributed by atoms with van der Waals surface area (Å²) in [5, 5.41) is 3.73. The molecule has 1 saturated carbocycles. The van der Waals surface area contributed by atoms with Gasteiger partial charge >= 0.3 is 5.97 Å². The average Bonchev–Trinajstić information content (AvgIpc) is 2.79. The highest BCUT2D eigenvalue weighted by Gasteiger charge is 2.23. The van der Waals surface area contributed by atoms with Crippen LogP contribution in [0.15, 0.2) is 54.6 Å². The Morgan fingerprint density at radius 3 is 2.42 bits per heavy atom. The lowest BCUT2D eigenvalue weighted by Gasteiger charge is -2.26. The lowest BCUT2D eigenvalue weighted by Crippen LogP contribution is -2.39. The summed E-state index contributed by atoms with van der Waals surface area (Å²) in [5.41, 5.74) is 3.61. The molecule has 0 saturated heterocycles. The first-order valence-electron chi connectivity index (χ1n) is 10.9. The number of rotatable bonds is 5. The number of carbonyl (C=O) groups excluding carboxylic acids is 2. The van der Waals surface area contributed by atoms with E-state index in [1.54, 1.807) is 0 Å². The van der Waals surface area contributed by atoms with E-state index >= 15 is 0 Å². The van der Waals surface area contributed by atoms with Gasteiger partial charge in [0.2, 0.25) is 0 Å². The Morgan fingerprint density at radius 1 is 1.00 bits per heavy atom. The first-order valence-corrected chi connectivity index (χ1v) is 10.9. The molecule has 3 aromatic rings. The molecule has 1 fully saturated rings. The zero-order valence-corrected chi connectivity index (χ0v) is 18.1. The monoisotopic (exact) mass is 416 g/mol. The number of amides is 1. The summed E-state index contributed by atoms with van der Waals surface area (Å²) < 4.78 is 5.45. The fraction of sp³-hybridized carbons (Fsp3) is 0.346. The van der Waals surface area contributed by atoms with E-state index in [4.69, 9.17) is 9.72 Å². The summed E-state index contributed by atoms with van der Waals surface area (Å²) in [7, 11) is 0. The number of ether oxygens (including phenoxy) is 1. The molecule has 0 aliphatic heterocycles. The second kappa shape index (κ2) is 9.29. The van der Waals surface area contributed by atoms with Gasteiger partial charge in [0.15, 0.2) is 6.61 Å². The van der Waals surface area contributed by atoms with Gasteiger partial charge in [-0.1, -0.05) is 55.5 Å². The smallest absolute Gasteiger partial charge is 0.339 e. The first-order chi connectivity index (χ1) is 15.0. The van der Waals surface area contributed by atoms with Gasteiger partial charge in [0.1, 0.15) is 0 Å². The molecule has 1 amide bonds. The summed E-state index contributed by atoms with van der Waals surface area (Å²) in [6.45, 7) is 3.84. The summed E-state index contributed by atoms with van der Waals surface area (Å²) in [6.07, 6.45) is 4.20. The van der Waals surface area contributed by atoms with Crippen LogP contribution in [-0.2, 0) is 9.53 Å². The van der Waals surface area contributed by atoms with Crippen molar-refractivity contribution < 1.29 is 14.3 Å². The van der Waals surface area contributed by atoms with Crippen molar-refractivity contribution in [3.05, 3.63) is 65.7 Å². The Balaban J connectivity index is 1.54. The normalized spacial score (nSPS) is 18.5. The molecule has 5 nitrogen and oxygen atoms in total. The van der Waals surface area contributed by atoms with E-state index in [1.807, 2.05) is 61.5 Å². The quantitative estimate of drug-likeness (QED) is 0.590. The Kier molecular flexibility index (Phi) is 6.31. The fourth-order valence-corrected chi connectivity index (χ4v) is 4.32. The average molecular weight is 417 g/mol. The molecule has 0 unspecified atom stereocenters. The zero-order chi connectivity index (χ0) is 21.8. The molecular weight excluding hydrogens is 388 g/mol. The van der Waals surface area contributed by atoms with Crippen LogP contribution in [0.3, 0.4) is 0 Å². The minimum Gasteiger partial charge on any atom is -0.452 e. The number of aromatic nitrogens is 1. The van der Waals surface area contributed by atoms with Crippen molar-refractivity contribution in [2.45, 2.75) is 45.6 Å².